The van der Waals surface area contributed by atoms with Crippen molar-refractivity contribution < 1.29 is 19.0 Å². The summed E-state index contributed by atoms with van der Waals surface area (Å²) in [6.45, 7) is 6.36. The number of amides is 1. The lowest BCUT2D eigenvalue weighted by Crippen LogP contribution is -2.53. The molecule has 0 aliphatic heterocycles. The molecule has 0 radical (unpaired) electrons. The van der Waals surface area contributed by atoms with E-state index in [2.05, 4.69) is 85.9 Å². The van der Waals surface area contributed by atoms with E-state index < -0.39 is 0 Å². The summed E-state index contributed by atoms with van der Waals surface area (Å²) in [6, 6.07) is 30.8. The van der Waals surface area contributed by atoms with Gasteiger partial charge in [-0.15, -0.1) is 0 Å². The van der Waals surface area contributed by atoms with Crippen molar-refractivity contribution in [3.63, 3.8) is 0 Å². The van der Waals surface area contributed by atoms with Gasteiger partial charge in [0.15, 0.2) is 0 Å². The zero-order valence-electron chi connectivity index (χ0n) is 44.1. The van der Waals surface area contributed by atoms with E-state index in [1.165, 1.54) is 193 Å². The number of unbranched alkanes of at least 4 members (excludes halogenated alkanes) is 31. The first-order valence-electron chi connectivity index (χ1n) is 28.9. The minimum atomic E-state index is -0.383. The third-order valence-electron chi connectivity index (χ3n) is 14.0. The molecule has 3 rings (SSSR count). The SMILES string of the molecule is CCCCCCCCCCCCCCCCCCCCCCCC(=O)N[C@@H](COCc1ccccc1)[C@H](OCc1ccccc1)[C@@H](CCCCCCCCCCCCCC)OCc1ccccc1. The van der Waals surface area contributed by atoms with Crippen molar-refractivity contribution in [3.05, 3.63) is 108 Å². The lowest BCUT2D eigenvalue weighted by atomic mass is 9.98. The zero-order chi connectivity index (χ0) is 48.1. The molecule has 0 aliphatic rings. The monoisotopic (exact) mass is 938 g/mol. The van der Waals surface area contributed by atoms with Crippen molar-refractivity contribution in [2.24, 2.45) is 0 Å². The molecule has 0 fully saturated rings. The molecule has 0 unspecified atom stereocenters. The van der Waals surface area contributed by atoms with Crippen LogP contribution >= 0.6 is 0 Å². The van der Waals surface area contributed by atoms with E-state index >= 15 is 0 Å². The molecule has 1 N–H and O–H groups in total. The lowest BCUT2D eigenvalue weighted by Gasteiger charge is -2.34. The quantitative estimate of drug-likeness (QED) is 0.0573. The van der Waals surface area contributed by atoms with Gasteiger partial charge < -0.3 is 19.5 Å². The zero-order valence-corrected chi connectivity index (χ0v) is 44.1. The fourth-order valence-corrected chi connectivity index (χ4v) is 9.65. The summed E-state index contributed by atoms with van der Waals surface area (Å²) < 4.78 is 20.3. The third kappa shape index (κ3) is 32.8. The van der Waals surface area contributed by atoms with Gasteiger partial charge >= 0.3 is 0 Å². The van der Waals surface area contributed by atoms with E-state index in [1.54, 1.807) is 0 Å². The van der Waals surface area contributed by atoms with Crippen molar-refractivity contribution in [1.29, 1.82) is 0 Å². The maximum atomic E-state index is 13.9. The van der Waals surface area contributed by atoms with E-state index in [-0.39, 0.29) is 24.2 Å². The molecular weight excluding hydrogens is 835 g/mol. The second kappa shape index (κ2) is 44.0. The number of ether oxygens (including phenoxy) is 3. The topological polar surface area (TPSA) is 56.8 Å². The van der Waals surface area contributed by atoms with E-state index in [0.717, 1.165) is 42.4 Å². The number of hydrogen-bond donors (Lipinski definition) is 1. The van der Waals surface area contributed by atoms with Gasteiger partial charge in [-0.05, 0) is 29.5 Å². The fourth-order valence-electron chi connectivity index (χ4n) is 9.65. The summed E-state index contributed by atoms with van der Waals surface area (Å²) in [7, 11) is 0. The molecule has 0 spiro atoms. The molecular formula is C63H103NO4. The molecule has 3 aromatic rings. The molecule has 384 valence electrons. The number of carbonyl (C=O) groups excluding carboxylic acids is 1. The van der Waals surface area contributed by atoms with Crippen LogP contribution in [0.15, 0.2) is 91.0 Å². The molecule has 0 aliphatic carbocycles. The Labute approximate surface area is 419 Å². The number of benzene rings is 3. The molecule has 3 aromatic carbocycles. The summed E-state index contributed by atoms with van der Waals surface area (Å²) in [5, 5.41) is 3.46. The van der Waals surface area contributed by atoms with Gasteiger partial charge in [-0.25, -0.2) is 0 Å². The Hall–Kier alpha value is -2.99. The van der Waals surface area contributed by atoms with Gasteiger partial charge in [0.1, 0.15) is 6.10 Å². The Balaban J connectivity index is 1.49. The number of nitrogens with one attached hydrogen (secondary N) is 1. The lowest BCUT2D eigenvalue weighted by molar-refractivity contribution is -0.132. The molecule has 0 bridgehead atoms. The van der Waals surface area contributed by atoms with Crippen LogP contribution in [0.25, 0.3) is 0 Å². The van der Waals surface area contributed by atoms with Gasteiger partial charge in [0, 0.05) is 6.42 Å². The molecule has 0 aromatic heterocycles. The first-order chi connectivity index (χ1) is 33.7. The van der Waals surface area contributed by atoms with Gasteiger partial charge in [-0.1, -0.05) is 310 Å². The average Bonchev–Trinajstić information content (AvgIpc) is 3.37. The average molecular weight is 939 g/mol. The van der Waals surface area contributed by atoms with Crippen LogP contribution in [0.5, 0.6) is 0 Å². The largest absolute Gasteiger partial charge is 0.375 e. The summed E-state index contributed by atoms with van der Waals surface area (Å²) in [4.78, 5) is 13.9. The normalized spacial score (nSPS) is 12.9. The van der Waals surface area contributed by atoms with Crippen LogP contribution in [-0.4, -0.2) is 30.8 Å². The molecule has 5 nitrogen and oxygen atoms in total. The second-order valence-electron chi connectivity index (χ2n) is 20.3. The highest BCUT2D eigenvalue weighted by Crippen LogP contribution is 2.23. The van der Waals surface area contributed by atoms with E-state index in [1.807, 2.05) is 24.3 Å². The Morgan fingerprint density at radius 3 is 1.10 bits per heavy atom. The highest BCUT2D eigenvalue weighted by molar-refractivity contribution is 5.76. The smallest absolute Gasteiger partial charge is 0.220 e. The van der Waals surface area contributed by atoms with Crippen LogP contribution in [-0.2, 0) is 38.8 Å². The predicted octanol–water partition coefficient (Wildman–Crippen LogP) is 18.6. The number of carbonyl (C=O) groups is 1. The highest BCUT2D eigenvalue weighted by atomic mass is 16.5. The Kier molecular flexibility index (Phi) is 38.4. The van der Waals surface area contributed by atoms with Gasteiger partial charge in [-0.3, -0.25) is 4.79 Å². The van der Waals surface area contributed by atoms with Crippen molar-refractivity contribution in [1.82, 2.24) is 5.32 Å². The summed E-state index contributed by atoms with van der Waals surface area (Å²) in [6.07, 6.45) is 44.9. The van der Waals surface area contributed by atoms with Crippen molar-refractivity contribution >= 4 is 5.91 Å². The summed E-state index contributed by atoms with van der Waals surface area (Å²) in [5.74, 6) is 0.0802. The molecule has 1 amide bonds. The van der Waals surface area contributed by atoms with Crippen LogP contribution in [0.2, 0.25) is 0 Å². The Bertz CT molecular complexity index is 1500. The van der Waals surface area contributed by atoms with Crippen molar-refractivity contribution in [2.45, 2.75) is 277 Å². The number of rotatable bonds is 48. The summed E-state index contributed by atoms with van der Waals surface area (Å²) in [5.41, 5.74) is 3.37. The molecule has 0 heterocycles. The van der Waals surface area contributed by atoms with Crippen LogP contribution < -0.4 is 5.32 Å². The highest BCUT2D eigenvalue weighted by Gasteiger charge is 2.33. The van der Waals surface area contributed by atoms with Gasteiger partial charge in [-0.2, -0.15) is 0 Å². The van der Waals surface area contributed by atoms with Crippen molar-refractivity contribution in [3.8, 4) is 0 Å². The minimum absolute atomic E-state index is 0.0802. The molecule has 5 heteroatoms. The Morgan fingerprint density at radius 2 is 0.721 bits per heavy atom. The van der Waals surface area contributed by atoms with Gasteiger partial charge in [0.25, 0.3) is 0 Å². The van der Waals surface area contributed by atoms with Crippen LogP contribution in [0.4, 0.5) is 0 Å². The maximum absolute atomic E-state index is 13.9. The maximum Gasteiger partial charge on any atom is 0.220 e. The van der Waals surface area contributed by atoms with E-state index in [4.69, 9.17) is 14.2 Å². The summed E-state index contributed by atoms with van der Waals surface area (Å²) >= 11 is 0. The van der Waals surface area contributed by atoms with Crippen molar-refractivity contribution in [2.75, 3.05) is 6.61 Å². The first-order valence-corrected chi connectivity index (χ1v) is 28.9. The standard InChI is InChI=1S/C63H103NO4/c1-3-5-7-9-11-13-15-17-18-19-20-21-22-23-24-25-27-29-31-33-44-52-62(65)64-60(56-66-53-57-45-37-34-38-46-57)63(68-55-59-49-41-36-42-50-59)61(67-54-58-47-39-35-40-48-58)51-43-32-30-28-26-16-14-12-10-8-6-4-2/h34-42,45-50,60-61,63H,3-33,43-44,51-56H2,1-2H3,(H,64,65)/t60-,61+,63-/m0/s1. The third-order valence-corrected chi connectivity index (χ3v) is 14.0. The molecule has 0 saturated heterocycles. The van der Waals surface area contributed by atoms with E-state index in [9.17, 15) is 4.79 Å². The predicted molar refractivity (Wildman–Crippen MR) is 291 cm³/mol. The molecule has 3 atom stereocenters. The van der Waals surface area contributed by atoms with Gasteiger partial charge in [0.2, 0.25) is 5.91 Å². The fraction of sp³-hybridized carbons (Fsp3) is 0.698. The van der Waals surface area contributed by atoms with E-state index in [0.29, 0.717) is 32.8 Å². The van der Waals surface area contributed by atoms with Crippen LogP contribution in [0, 0.1) is 0 Å². The molecule has 68 heavy (non-hydrogen) atoms. The Morgan fingerprint density at radius 1 is 0.397 bits per heavy atom. The number of hydrogen-bond acceptors (Lipinski definition) is 4. The first kappa shape index (κ1) is 59.3. The molecule has 0 saturated carbocycles. The van der Waals surface area contributed by atoms with Crippen LogP contribution in [0.3, 0.4) is 0 Å². The minimum Gasteiger partial charge on any atom is -0.375 e. The van der Waals surface area contributed by atoms with Crippen LogP contribution in [0.1, 0.15) is 255 Å². The van der Waals surface area contributed by atoms with Gasteiger partial charge in [0.05, 0.1) is 38.6 Å². The second-order valence-corrected chi connectivity index (χ2v) is 20.3.